The number of hydrogen-bond donors (Lipinski definition) is 0. The van der Waals surface area contributed by atoms with Crippen LogP contribution in [0, 0.1) is 0 Å². The molecule has 1 heterocycles. The van der Waals surface area contributed by atoms with Crippen molar-refractivity contribution in [2.75, 3.05) is 35.0 Å². The number of ether oxygens (including phenoxy) is 5. The molecule has 0 fully saturated rings. The molecule has 0 amide bonds. The number of methoxy groups -OCH3 is 4. The zero-order chi connectivity index (χ0) is 20.3. The third kappa shape index (κ3) is 3.28. The van der Waals surface area contributed by atoms with Crippen molar-refractivity contribution in [3.05, 3.63) is 36.0 Å². The van der Waals surface area contributed by atoms with Crippen molar-refractivity contribution in [3.63, 3.8) is 0 Å². The Morgan fingerprint density at radius 1 is 0.893 bits per heavy atom. The maximum absolute atomic E-state index is 12.5. The minimum Gasteiger partial charge on any atom is -0.493 e. The fourth-order valence-corrected chi connectivity index (χ4v) is 2.94. The van der Waals surface area contributed by atoms with Crippen molar-refractivity contribution < 1.29 is 28.5 Å². The molecule has 148 valence electrons. The molecular weight excluding hydrogens is 364 g/mol. The first kappa shape index (κ1) is 19.3. The van der Waals surface area contributed by atoms with Crippen molar-refractivity contribution in [2.45, 2.75) is 6.92 Å². The molecule has 0 radical (unpaired) electrons. The van der Waals surface area contributed by atoms with Gasteiger partial charge in [-0.15, -0.1) is 0 Å². The second-order valence-electron chi connectivity index (χ2n) is 5.74. The summed E-state index contributed by atoms with van der Waals surface area (Å²) >= 11 is 0. The molecule has 0 saturated carbocycles. The normalized spacial score (nSPS) is 10.6. The van der Waals surface area contributed by atoms with Crippen LogP contribution < -0.4 is 18.9 Å². The highest BCUT2D eigenvalue weighted by Crippen LogP contribution is 2.36. The average molecular weight is 386 g/mol. The van der Waals surface area contributed by atoms with Crippen molar-refractivity contribution in [2.24, 2.45) is 0 Å². The first-order valence-electron chi connectivity index (χ1n) is 8.62. The number of aromatic nitrogens is 2. The van der Waals surface area contributed by atoms with E-state index in [1.165, 1.54) is 7.11 Å². The Morgan fingerprint density at radius 3 is 2.11 bits per heavy atom. The van der Waals surface area contributed by atoms with Gasteiger partial charge in [0.15, 0.2) is 28.7 Å². The molecule has 28 heavy (non-hydrogen) atoms. The topological polar surface area (TPSA) is 81.0 Å². The van der Waals surface area contributed by atoms with Crippen LogP contribution >= 0.6 is 0 Å². The highest BCUT2D eigenvalue weighted by atomic mass is 16.5. The van der Waals surface area contributed by atoms with Gasteiger partial charge < -0.3 is 23.7 Å². The molecule has 0 bridgehead atoms. The van der Waals surface area contributed by atoms with Crippen molar-refractivity contribution in [1.82, 2.24) is 9.78 Å². The minimum atomic E-state index is -0.515. The number of carbonyl (C=O) groups is 1. The van der Waals surface area contributed by atoms with Gasteiger partial charge in [0.1, 0.15) is 0 Å². The number of fused-ring (bicyclic) bond motifs is 1. The van der Waals surface area contributed by atoms with Gasteiger partial charge in [-0.25, -0.2) is 9.48 Å². The van der Waals surface area contributed by atoms with Crippen molar-refractivity contribution in [3.8, 4) is 28.7 Å². The summed E-state index contributed by atoms with van der Waals surface area (Å²) < 4.78 is 28.2. The number of esters is 1. The molecule has 0 N–H and O–H groups in total. The number of rotatable bonds is 7. The van der Waals surface area contributed by atoms with Crippen LogP contribution in [0.2, 0.25) is 0 Å². The van der Waals surface area contributed by atoms with E-state index in [1.807, 2.05) is 6.07 Å². The highest BCUT2D eigenvalue weighted by Gasteiger charge is 2.22. The lowest BCUT2D eigenvalue weighted by Crippen LogP contribution is -2.07. The van der Waals surface area contributed by atoms with Gasteiger partial charge in [0, 0.05) is 17.5 Å². The van der Waals surface area contributed by atoms with Gasteiger partial charge in [0.05, 0.1) is 46.3 Å². The molecule has 8 nitrogen and oxygen atoms in total. The number of benzene rings is 2. The van der Waals surface area contributed by atoms with Gasteiger partial charge >= 0.3 is 5.97 Å². The second-order valence-corrected chi connectivity index (χ2v) is 5.74. The Morgan fingerprint density at radius 2 is 1.50 bits per heavy atom. The second kappa shape index (κ2) is 8.08. The lowest BCUT2D eigenvalue weighted by Gasteiger charge is -2.11. The largest absolute Gasteiger partial charge is 0.493 e. The first-order valence-corrected chi connectivity index (χ1v) is 8.62. The molecule has 0 saturated heterocycles. The lowest BCUT2D eigenvalue weighted by atomic mass is 10.1. The van der Waals surface area contributed by atoms with E-state index < -0.39 is 5.97 Å². The third-order valence-corrected chi connectivity index (χ3v) is 4.27. The average Bonchev–Trinajstić information content (AvgIpc) is 3.10. The van der Waals surface area contributed by atoms with E-state index in [0.29, 0.717) is 39.6 Å². The van der Waals surface area contributed by atoms with Crippen LogP contribution in [0.25, 0.3) is 16.6 Å². The molecule has 0 aliphatic carbocycles. The Labute approximate surface area is 162 Å². The van der Waals surface area contributed by atoms with Crippen LogP contribution in [0.15, 0.2) is 30.3 Å². The van der Waals surface area contributed by atoms with Gasteiger partial charge in [0.25, 0.3) is 0 Å². The van der Waals surface area contributed by atoms with Gasteiger partial charge in [-0.2, -0.15) is 5.10 Å². The van der Waals surface area contributed by atoms with Gasteiger partial charge in [-0.05, 0) is 25.1 Å². The van der Waals surface area contributed by atoms with Crippen LogP contribution in [-0.4, -0.2) is 50.8 Å². The summed E-state index contributed by atoms with van der Waals surface area (Å²) in [5, 5.41) is 5.08. The maximum atomic E-state index is 12.5. The minimum absolute atomic E-state index is 0.188. The predicted octanol–water partition coefficient (Wildman–Crippen LogP) is 3.24. The van der Waals surface area contributed by atoms with E-state index in [9.17, 15) is 4.79 Å². The van der Waals surface area contributed by atoms with Gasteiger partial charge in [-0.1, -0.05) is 0 Å². The van der Waals surface area contributed by atoms with Crippen molar-refractivity contribution in [1.29, 1.82) is 0 Å². The summed E-state index contributed by atoms with van der Waals surface area (Å²) in [5.74, 6) is 1.63. The van der Waals surface area contributed by atoms with E-state index in [1.54, 1.807) is 57.2 Å². The monoisotopic (exact) mass is 386 g/mol. The highest BCUT2D eigenvalue weighted by molar-refractivity contribution is 6.03. The van der Waals surface area contributed by atoms with Crippen molar-refractivity contribution >= 4 is 16.9 Å². The smallest absolute Gasteiger partial charge is 0.359 e. The van der Waals surface area contributed by atoms with Gasteiger partial charge in [0.2, 0.25) is 0 Å². The van der Waals surface area contributed by atoms with Crippen LogP contribution in [0.5, 0.6) is 23.0 Å². The summed E-state index contributed by atoms with van der Waals surface area (Å²) in [6.07, 6.45) is 0. The number of carbonyl (C=O) groups excluding carboxylic acids is 1. The lowest BCUT2D eigenvalue weighted by molar-refractivity contribution is 0.0521. The fraction of sp³-hybridized carbons (Fsp3) is 0.300. The Hall–Kier alpha value is -3.42. The Kier molecular flexibility index (Phi) is 5.58. The molecule has 0 aliphatic rings. The van der Waals surface area contributed by atoms with Crippen LogP contribution in [0.1, 0.15) is 17.4 Å². The number of nitrogens with zero attached hydrogens (tertiary/aromatic N) is 2. The van der Waals surface area contributed by atoms with Crippen LogP contribution in [0.4, 0.5) is 0 Å². The molecule has 0 atom stereocenters. The molecule has 3 aromatic rings. The first-order chi connectivity index (χ1) is 13.6. The summed E-state index contributed by atoms with van der Waals surface area (Å²) in [6.45, 7) is 1.99. The molecule has 0 aliphatic heterocycles. The quantitative estimate of drug-likeness (QED) is 0.577. The summed E-state index contributed by atoms with van der Waals surface area (Å²) in [6, 6.07) is 8.84. The molecule has 3 rings (SSSR count). The molecule has 0 unspecified atom stereocenters. The fourth-order valence-electron chi connectivity index (χ4n) is 2.94. The molecule has 2 aromatic carbocycles. The summed E-state index contributed by atoms with van der Waals surface area (Å²) in [5.41, 5.74) is 1.53. The van der Waals surface area contributed by atoms with E-state index in [4.69, 9.17) is 23.7 Å². The van der Waals surface area contributed by atoms with E-state index >= 15 is 0 Å². The standard InChI is InChI=1S/C20H22N2O6/c1-6-28-20(23)19-13-10-17(26-4)18(27-5)11-14(13)22(21-19)12-7-8-15(24-2)16(9-12)25-3/h7-11H,6H2,1-5H3. The van der Waals surface area contributed by atoms with E-state index in [2.05, 4.69) is 5.10 Å². The number of hydrogen-bond acceptors (Lipinski definition) is 7. The maximum Gasteiger partial charge on any atom is 0.359 e. The summed E-state index contributed by atoms with van der Waals surface area (Å²) in [7, 11) is 6.21. The third-order valence-electron chi connectivity index (χ3n) is 4.27. The summed E-state index contributed by atoms with van der Waals surface area (Å²) in [4.78, 5) is 12.5. The zero-order valence-electron chi connectivity index (χ0n) is 16.4. The SMILES string of the molecule is CCOC(=O)c1nn(-c2ccc(OC)c(OC)c2)c2cc(OC)c(OC)cc12. The van der Waals surface area contributed by atoms with Crippen LogP contribution in [-0.2, 0) is 4.74 Å². The van der Waals surface area contributed by atoms with Crippen LogP contribution in [0.3, 0.4) is 0 Å². The molecule has 1 aromatic heterocycles. The Bertz CT molecular complexity index is 1010. The van der Waals surface area contributed by atoms with E-state index in [-0.39, 0.29) is 12.3 Å². The van der Waals surface area contributed by atoms with Gasteiger partial charge in [-0.3, -0.25) is 0 Å². The molecular formula is C20H22N2O6. The van der Waals surface area contributed by atoms with E-state index in [0.717, 1.165) is 0 Å². The Balaban J connectivity index is 2.28. The molecule has 0 spiro atoms. The molecule has 8 heteroatoms. The zero-order valence-corrected chi connectivity index (χ0v) is 16.4. The predicted molar refractivity (Wildman–Crippen MR) is 103 cm³/mol.